The van der Waals surface area contributed by atoms with Crippen LogP contribution in [0, 0.1) is 0 Å². The second kappa shape index (κ2) is 9.48. The van der Waals surface area contributed by atoms with Gasteiger partial charge in [-0.05, 0) is 66.6 Å². The first-order valence-corrected chi connectivity index (χ1v) is 12.3. The molecule has 1 unspecified atom stereocenters. The quantitative estimate of drug-likeness (QED) is 0.254. The van der Waals surface area contributed by atoms with Crippen LogP contribution in [-0.2, 0) is 6.61 Å². The highest BCUT2D eigenvalue weighted by molar-refractivity contribution is 6.11. The number of hydrogen-bond acceptors (Lipinski definition) is 5. The summed E-state index contributed by atoms with van der Waals surface area (Å²) < 4.78 is 11.9. The maximum Gasteiger partial charge on any atom is 0.295 e. The predicted octanol–water partition coefficient (Wildman–Crippen LogP) is 6.32. The Kier molecular flexibility index (Phi) is 5.85. The van der Waals surface area contributed by atoms with Crippen molar-refractivity contribution in [3.8, 4) is 5.75 Å². The van der Waals surface area contributed by atoms with E-state index in [0.717, 1.165) is 11.1 Å². The summed E-state index contributed by atoms with van der Waals surface area (Å²) in [5, 5.41) is 0.417. The van der Waals surface area contributed by atoms with E-state index in [1.165, 1.54) is 6.92 Å². The van der Waals surface area contributed by atoms with Crippen LogP contribution >= 0.6 is 0 Å². The largest absolute Gasteiger partial charge is 0.489 e. The van der Waals surface area contributed by atoms with Gasteiger partial charge in [0.1, 0.15) is 17.9 Å². The zero-order valence-electron chi connectivity index (χ0n) is 20.6. The molecule has 1 aliphatic rings. The standard InChI is InChI=1S/C32H23NO5/c1-20(34)22-11-15-24(16-12-22)33-29(23-13-17-25(18-14-23)37-19-21-7-3-2-4-8-21)28-30(35)26-9-5-6-10-27(26)38-31(28)32(33)36/h2-18,29H,19H2,1H3. The average Bonchev–Trinajstić information content (AvgIpc) is 3.25. The van der Waals surface area contributed by atoms with Crippen molar-refractivity contribution in [1.82, 2.24) is 0 Å². The molecule has 0 radical (unpaired) electrons. The first-order valence-electron chi connectivity index (χ1n) is 12.3. The smallest absolute Gasteiger partial charge is 0.295 e. The summed E-state index contributed by atoms with van der Waals surface area (Å²) in [6.07, 6.45) is 0. The van der Waals surface area contributed by atoms with Crippen molar-refractivity contribution in [2.45, 2.75) is 19.6 Å². The van der Waals surface area contributed by atoms with Gasteiger partial charge in [0.25, 0.3) is 5.91 Å². The van der Waals surface area contributed by atoms with Gasteiger partial charge in [-0.25, -0.2) is 0 Å². The van der Waals surface area contributed by atoms with Crippen molar-refractivity contribution < 1.29 is 18.7 Å². The van der Waals surface area contributed by atoms with E-state index in [-0.39, 0.29) is 17.0 Å². The fourth-order valence-corrected chi connectivity index (χ4v) is 4.85. The van der Waals surface area contributed by atoms with Gasteiger partial charge in [0, 0.05) is 11.3 Å². The zero-order chi connectivity index (χ0) is 26.2. The van der Waals surface area contributed by atoms with Crippen molar-refractivity contribution in [2.24, 2.45) is 0 Å². The number of carbonyl (C=O) groups is 2. The summed E-state index contributed by atoms with van der Waals surface area (Å²) in [6.45, 7) is 1.92. The van der Waals surface area contributed by atoms with Gasteiger partial charge in [-0.1, -0.05) is 54.6 Å². The Balaban J connectivity index is 1.43. The lowest BCUT2D eigenvalue weighted by Gasteiger charge is -2.25. The molecule has 0 fully saturated rings. The van der Waals surface area contributed by atoms with E-state index in [1.54, 1.807) is 53.4 Å². The van der Waals surface area contributed by atoms with E-state index in [0.29, 0.717) is 40.1 Å². The molecule has 4 aromatic carbocycles. The van der Waals surface area contributed by atoms with Crippen molar-refractivity contribution in [3.05, 3.63) is 141 Å². The summed E-state index contributed by atoms with van der Waals surface area (Å²) >= 11 is 0. The molecule has 1 aliphatic heterocycles. The van der Waals surface area contributed by atoms with Gasteiger partial charge in [0.2, 0.25) is 5.76 Å². The lowest BCUT2D eigenvalue weighted by Crippen LogP contribution is -2.29. The second-order valence-corrected chi connectivity index (χ2v) is 9.19. The summed E-state index contributed by atoms with van der Waals surface area (Å²) in [4.78, 5) is 40.8. The number of rotatable bonds is 6. The monoisotopic (exact) mass is 501 g/mol. The molecule has 2 heterocycles. The van der Waals surface area contributed by atoms with Gasteiger partial charge in [0.15, 0.2) is 11.2 Å². The SMILES string of the molecule is CC(=O)c1ccc(N2C(=O)c3oc4ccccc4c(=O)c3C2c2ccc(OCc3ccccc3)cc2)cc1. The third kappa shape index (κ3) is 4.06. The highest BCUT2D eigenvalue weighted by Gasteiger charge is 2.43. The van der Waals surface area contributed by atoms with E-state index >= 15 is 0 Å². The van der Waals surface area contributed by atoms with Crippen molar-refractivity contribution in [3.63, 3.8) is 0 Å². The van der Waals surface area contributed by atoms with Gasteiger partial charge in [-0.15, -0.1) is 0 Å². The molecule has 38 heavy (non-hydrogen) atoms. The lowest BCUT2D eigenvalue weighted by atomic mass is 9.98. The maximum absolute atomic E-state index is 13.7. The number of Topliss-reactive ketones (excluding diaryl/α,β-unsaturated/α-hetero) is 1. The molecule has 6 rings (SSSR count). The first kappa shape index (κ1) is 23.4. The number of amides is 1. The van der Waals surface area contributed by atoms with Crippen LogP contribution in [0.3, 0.4) is 0 Å². The van der Waals surface area contributed by atoms with Crippen molar-refractivity contribution in [2.75, 3.05) is 4.90 Å². The topological polar surface area (TPSA) is 76.8 Å². The number of carbonyl (C=O) groups excluding carboxylic acids is 2. The molecule has 0 spiro atoms. The molecule has 0 N–H and O–H groups in total. The minimum Gasteiger partial charge on any atom is -0.489 e. The maximum atomic E-state index is 13.7. The number of ketones is 1. The Hall–Kier alpha value is -4.97. The summed E-state index contributed by atoms with van der Waals surface area (Å²) in [7, 11) is 0. The Morgan fingerprint density at radius 2 is 1.53 bits per heavy atom. The first-order chi connectivity index (χ1) is 18.5. The third-order valence-corrected chi connectivity index (χ3v) is 6.77. The Morgan fingerprint density at radius 1 is 0.842 bits per heavy atom. The molecule has 6 nitrogen and oxygen atoms in total. The summed E-state index contributed by atoms with van der Waals surface area (Å²) in [5.41, 5.74) is 3.30. The minimum absolute atomic E-state index is 0.0266. The summed E-state index contributed by atoms with van der Waals surface area (Å²) in [5.74, 6) is 0.218. The number of ether oxygens (including phenoxy) is 1. The molecule has 6 heteroatoms. The summed E-state index contributed by atoms with van der Waals surface area (Å²) in [6, 6.07) is 30.3. The Bertz CT molecular complexity index is 1720. The van der Waals surface area contributed by atoms with Crippen molar-refractivity contribution in [1.29, 1.82) is 0 Å². The molecule has 1 aromatic heterocycles. The molecule has 5 aromatic rings. The second-order valence-electron chi connectivity index (χ2n) is 9.19. The zero-order valence-corrected chi connectivity index (χ0v) is 20.6. The van der Waals surface area contributed by atoms with Gasteiger partial charge in [-0.3, -0.25) is 19.3 Å². The molecule has 0 saturated carbocycles. The van der Waals surface area contributed by atoms with Gasteiger partial charge in [-0.2, -0.15) is 0 Å². The number of para-hydroxylation sites is 1. The predicted molar refractivity (Wildman–Crippen MR) is 145 cm³/mol. The van der Waals surface area contributed by atoms with Gasteiger partial charge < -0.3 is 9.15 Å². The van der Waals surface area contributed by atoms with Crippen LogP contribution in [0.2, 0.25) is 0 Å². The number of hydrogen-bond donors (Lipinski definition) is 0. The molecule has 186 valence electrons. The number of nitrogens with zero attached hydrogens (tertiary/aromatic N) is 1. The van der Waals surface area contributed by atoms with Gasteiger partial charge >= 0.3 is 0 Å². The molecule has 0 aliphatic carbocycles. The fraction of sp³-hybridized carbons (Fsp3) is 0.0938. The van der Waals surface area contributed by atoms with E-state index in [1.807, 2.05) is 54.6 Å². The van der Waals surface area contributed by atoms with Crippen molar-refractivity contribution >= 4 is 28.3 Å². The van der Waals surface area contributed by atoms with E-state index in [4.69, 9.17) is 9.15 Å². The van der Waals surface area contributed by atoms with Crippen LogP contribution in [0.25, 0.3) is 11.0 Å². The fourth-order valence-electron chi connectivity index (χ4n) is 4.85. The Labute approximate surface area is 218 Å². The Morgan fingerprint density at radius 3 is 2.24 bits per heavy atom. The van der Waals surface area contributed by atoms with Crippen LogP contribution in [0.15, 0.2) is 112 Å². The number of benzene rings is 4. The van der Waals surface area contributed by atoms with E-state index in [2.05, 4.69) is 0 Å². The van der Waals surface area contributed by atoms with Crippen LogP contribution in [-0.4, -0.2) is 11.7 Å². The molecular formula is C32H23NO5. The molecule has 1 atom stereocenters. The van der Waals surface area contributed by atoms with Crippen LogP contribution in [0.4, 0.5) is 5.69 Å². The minimum atomic E-state index is -0.704. The van der Waals surface area contributed by atoms with Crippen LogP contribution in [0.5, 0.6) is 5.75 Å². The lowest BCUT2D eigenvalue weighted by molar-refractivity contribution is 0.0970. The average molecular weight is 502 g/mol. The normalized spacial score (nSPS) is 14.5. The highest BCUT2D eigenvalue weighted by atomic mass is 16.5. The van der Waals surface area contributed by atoms with Crippen LogP contribution in [0.1, 0.15) is 50.6 Å². The third-order valence-electron chi connectivity index (χ3n) is 6.77. The number of anilines is 1. The molecule has 0 bridgehead atoms. The molecule has 1 amide bonds. The van der Waals surface area contributed by atoms with Gasteiger partial charge in [0.05, 0.1) is 17.0 Å². The highest BCUT2D eigenvalue weighted by Crippen LogP contribution is 2.41. The number of fused-ring (bicyclic) bond motifs is 2. The van der Waals surface area contributed by atoms with E-state index < -0.39 is 11.9 Å². The van der Waals surface area contributed by atoms with Crippen LogP contribution < -0.4 is 15.1 Å². The molecule has 0 saturated heterocycles. The van der Waals surface area contributed by atoms with E-state index in [9.17, 15) is 14.4 Å². The molecular weight excluding hydrogens is 478 g/mol.